The molecule has 1 aromatic carbocycles. The molecule has 0 unspecified atom stereocenters. The first-order valence-corrected chi connectivity index (χ1v) is 14.3. The molecule has 5 heterocycles. The fraction of sp³-hybridized carbons (Fsp3) is 0.419. The maximum Gasteiger partial charge on any atom is 0.249 e. The molecule has 0 spiro atoms. The van der Waals surface area contributed by atoms with Gasteiger partial charge in [0, 0.05) is 55.9 Å². The molecule has 4 aromatic rings. The lowest BCUT2D eigenvalue weighted by Gasteiger charge is -2.36. The molecule has 0 aliphatic carbocycles. The summed E-state index contributed by atoms with van der Waals surface area (Å²) in [7, 11) is 1.92. The fourth-order valence-corrected chi connectivity index (χ4v) is 6.00. The number of aromatic amines is 1. The Kier molecular flexibility index (Phi) is 7.29. The molecule has 2 fully saturated rings. The van der Waals surface area contributed by atoms with Gasteiger partial charge >= 0.3 is 0 Å². The highest BCUT2D eigenvalue weighted by atomic mass is 19.1. The van der Waals surface area contributed by atoms with E-state index in [1.165, 1.54) is 24.4 Å². The molecule has 2 aliphatic heterocycles. The van der Waals surface area contributed by atoms with Gasteiger partial charge in [-0.1, -0.05) is 12.3 Å². The van der Waals surface area contributed by atoms with Gasteiger partial charge in [-0.15, -0.1) is 6.42 Å². The highest BCUT2D eigenvalue weighted by Gasteiger charge is 2.30. The highest BCUT2D eigenvalue weighted by molar-refractivity contribution is 6.00. The maximum absolute atomic E-state index is 16.6. The number of fused-ring (bicyclic) bond motifs is 2. The van der Waals surface area contributed by atoms with E-state index >= 15 is 4.39 Å². The maximum atomic E-state index is 16.6. The van der Waals surface area contributed by atoms with Crippen LogP contribution in [0.5, 0.6) is 0 Å². The summed E-state index contributed by atoms with van der Waals surface area (Å²) in [5.74, 6) is 1.79. The van der Waals surface area contributed by atoms with Crippen LogP contribution in [0.3, 0.4) is 0 Å². The number of aliphatic hydroxyl groups is 1. The Morgan fingerprint density at radius 2 is 2.02 bits per heavy atom. The van der Waals surface area contributed by atoms with Crippen molar-refractivity contribution in [1.29, 1.82) is 0 Å². The van der Waals surface area contributed by atoms with Crippen molar-refractivity contribution in [3.63, 3.8) is 0 Å². The van der Waals surface area contributed by atoms with E-state index in [4.69, 9.17) is 11.4 Å². The lowest BCUT2D eigenvalue weighted by atomic mass is 9.94. The van der Waals surface area contributed by atoms with Crippen LogP contribution in [0.1, 0.15) is 44.6 Å². The number of likely N-dealkylation sites (N-methyl/N-ethyl adjacent to an activating group) is 1. The highest BCUT2D eigenvalue weighted by Crippen LogP contribution is 2.36. The zero-order valence-electron chi connectivity index (χ0n) is 23.7. The number of anilines is 2. The molecule has 9 nitrogen and oxygen atoms in total. The van der Waals surface area contributed by atoms with Gasteiger partial charge in [-0.3, -0.25) is 9.78 Å². The number of nitrogens with zero attached hydrogens (tertiary/aromatic N) is 5. The topological polar surface area (TPSA) is 110 Å². The van der Waals surface area contributed by atoms with Crippen LogP contribution in [-0.4, -0.2) is 69.9 Å². The lowest BCUT2D eigenvalue weighted by Crippen LogP contribution is -2.44. The average Bonchev–Trinajstić information content (AvgIpc) is 2.97. The number of hydrogen-bond acceptors (Lipinski definition) is 8. The summed E-state index contributed by atoms with van der Waals surface area (Å²) in [6, 6.07) is 4.00. The number of piperidine rings is 2. The van der Waals surface area contributed by atoms with Gasteiger partial charge in [-0.25, -0.2) is 13.8 Å². The third-order valence-corrected chi connectivity index (χ3v) is 8.40. The second-order valence-electron chi connectivity index (χ2n) is 11.6. The van der Waals surface area contributed by atoms with E-state index in [1.807, 2.05) is 16.8 Å². The first kappa shape index (κ1) is 28.0. The molecule has 0 bridgehead atoms. The molecule has 42 heavy (non-hydrogen) atoms. The monoisotopic (exact) mass is 573 g/mol. The summed E-state index contributed by atoms with van der Waals surface area (Å²) in [6.45, 7) is 4.43. The van der Waals surface area contributed by atoms with Gasteiger partial charge in [0.05, 0.1) is 22.1 Å². The van der Waals surface area contributed by atoms with E-state index in [0.717, 1.165) is 25.8 Å². The van der Waals surface area contributed by atoms with Gasteiger partial charge < -0.3 is 25.2 Å². The molecular weight excluding hydrogens is 540 g/mol. The molecule has 2 aliphatic rings. The van der Waals surface area contributed by atoms with E-state index in [2.05, 4.69) is 26.2 Å². The Morgan fingerprint density at radius 1 is 1.24 bits per heavy atom. The van der Waals surface area contributed by atoms with Gasteiger partial charge in [-0.2, -0.15) is 4.98 Å². The van der Waals surface area contributed by atoms with Crippen molar-refractivity contribution in [3.8, 4) is 23.6 Å². The third-order valence-electron chi connectivity index (χ3n) is 8.40. The van der Waals surface area contributed by atoms with Gasteiger partial charge in [0.25, 0.3) is 0 Å². The SMILES string of the molecule is C#Cc1c(F)ccc2[nH]c(=O)cc(-c3ncc4c(N(C)C[C@@H]5CCCCN5)nc(N5CCC(C)(O)CC5)nc4c3F)c12. The lowest BCUT2D eigenvalue weighted by molar-refractivity contribution is 0.0349. The van der Waals surface area contributed by atoms with Crippen molar-refractivity contribution < 1.29 is 13.9 Å². The van der Waals surface area contributed by atoms with Gasteiger partial charge in [0.1, 0.15) is 22.8 Å². The third kappa shape index (κ3) is 5.16. The average molecular weight is 574 g/mol. The number of aromatic nitrogens is 4. The molecule has 0 amide bonds. The van der Waals surface area contributed by atoms with Gasteiger partial charge in [-0.05, 0) is 51.3 Å². The largest absolute Gasteiger partial charge is 0.390 e. The predicted octanol–water partition coefficient (Wildman–Crippen LogP) is 3.72. The zero-order valence-corrected chi connectivity index (χ0v) is 23.7. The summed E-state index contributed by atoms with van der Waals surface area (Å²) in [5.41, 5.74) is -1.15. The number of halogens is 2. The van der Waals surface area contributed by atoms with Crippen LogP contribution in [0.25, 0.3) is 33.1 Å². The Morgan fingerprint density at radius 3 is 2.74 bits per heavy atom. The summed E-state index contributed by atoms with van der Waals surface area (Å²) < 4.78 is 31.3. The quantitative estimate of drug-likeness (QED) is 0.310. The van der Waals surface area contributed by atoms with Crippen LogP contribution in [0, 0.1) is 24.0 Å². The molecule has 1 atom stereocenters. The number of H-pyrrole nitrogens is 1. The van der Waals surface area contributed by atoms with Crippen molar-refractivity contribution >= 4 is 33.6 Å². The second-order valence-corrected chi connectivity index (χ2v) is 11.6. The van der Waals surface area contributed by atoms with Crippen LogP contribution in [0.2, 0.25) is 0 Å². The van der Waals surface area contributed by atoms with Crippen LogP contribution >= 0.6 is 0 Å². The first-order chi connectivity index (χ1) is 20.1. The molecule has 0 saturated carbocycles. The zero-order chi connectivity index (χ0) is 29.6. The molecule has 0 radical (unpaired) electrons. The minimum atomic E-state index is -0.784. The van der Waals surface area contributed by atoms with E-state index in [9.17, 15) is 14.3 Å². The molecular formula is C31H33F2N7O2. The molecule has 6 rings (SSSR count). The van der Waals surface area contributed by atoms with Crippen molar-refractivity contribution in [2.45, 2.75) is 50.7 Å². The molecule has 3 N–H and O–H groups in total. The molecule has 218 valence electrons. The predicted molar refractivity (Wildman–Crippen MR) is 160 cm³/mol. The van der Waals surface area contributed by atoms with Crippen LogP contribution in [-0.2, 0) is 0 Å². The van der Waals surface area contributed by atoms with E-state index in [-0.39, 0.29) is 39.3 Å². The summed E-state index contributed by atoms with van der Waals surface area (Å²) in [5, 5.41) is 14.6. The smallest absolute Gasteiger partial charge is 0.249 e. The number of hydrogen-bond donors (Lipinski definition) is 3. The molecule has 2 saturated heterocycles. The number of rotatable bonds is 5. The number of pyridine rings is 2. The van der Waals surface area contributed by atoms with E-state index < -0.39 is 22.8 Å². The first-order valence-electron chi connectivity index (χ1n) is 14.3. The Labute approximate surface area is 242 Å². The van der Waals surface area contributed by atoms with Crippen molar-refractivity contribution in [1.82, 2.24) is 25.3 Å². The minimum absolute atomic E-state index is 0.0351. The van der Waals surface area contributed by atoms with Crippen LogP contribution in [0.15, 0.2) is 29.2 Å². The Hall–Kier alpha value is -4.14. The summed E-state index contributed by atoms with van der Waals surface area (Å²) >= 11 is 0. The second kappa shape index (κ2) is 10.9. The number of nitrogens with one attached hydrogen (secondary N) is 2. The molecule has 3 aromatic heterocycles. The Bertz CT molecular complexity index is 1770. The fourth-order valence-electron chi connectivity index (χ4n) is 6.00. The van der Waals surface area contributed by atoms with Crippen molar-refractivity contribution in [2.24, 2.45) is 0 Å². The van der Waals surface area contributed by atoms with E-state index in [0.29, 0.717) is 49.6 Å². The normalized spacial score (nSPS) is 18.8. The van der Waals surface area contributed by atoms with Crippen molar-refractivity contribution in [2.75, 3.05) is 43.0 Å². The molecule has 11 heteroatoms. The van der Waals surface area contributed by atoms with Crippen molar-refractivity contribution in [3.05, 3.63) is 51.9 Å². The Balaban J connectivity index is 1.54. The number of terminal acetylenes is 1. The van der Waals surface area contributed by atoms with Crippen LogP contribution in [0.4, 0.5) is 20.5 Å². The van der Waals surface area contributed by atoms with E-state index in [1.54, 1.807) is 6.92 Å². The van der Waals surface area contributed by atoms with Gasteiger partial charge in [0.2, 0.25) is 11.5 Å². The standard InChI is InChI=1S/C31H33F2N7O2/c1-4-19-22(32)8-9-23-25(19)20(15-24(41)36-23)27-26(33)28-21(16-35-27)29(39(3)17-18-7-5-6-12-34-18)38-30(37-28)40-13-10-31(2,42)11-14-40/h1,8-9,15-16,18,34,42H,5-7,10-14,17H2,2-3H3,(H,36,41)/t18-/m0/s1. The summed E-state index contributed by atoms with van der Waals surface area (Å²) in [6.07, 6.45) is 11.5. The van der Waals surface area contributed by atoms with Gasteiger partial charge in [0.15, 0.2) is 5.82 Å². The summed E-state index contributed by atoms with van der Waals surface area (Å²) in [4.78, 5) is 33.1. The minimum Gasteiger partial charge on any atom is -0.390 e. The number of benzene rings is 1. The van der Waals surface area contributed by atoms with Crippen LogP contribution < -0.4 is 20.7 Å².